The molecule has 1 aliphatic rings. The molecule has 0 N–H and O–H groups in total. The summed E-state index contributed by atoms with van der Waals surface area (Å²) >= 11 is 0. The van der Waals surface area contributed by atoms with Gasteiger partial charge in [-0.05, 0) is 27.2 Å². The van der Waals surface area contributed by atoms with Crippen molar-refractivity contribution in [1.29, 1.82) is 0 Å². The van der Waals surface area contributed by atoms with E-state index in [0.29, 0.717) is 0 Å². The van der Waals surface area contributed by atoms with Crippen LogP contribution in [0.25, 0.3) is 0 Å². The van der Waals surface area contributed by atoms with E-state index in [1.54, 1.807) is 0 Å². The second-order valence-electron chi connectivity index (χ2n) is 3.13. The van der Waals surface area contributed by atoms with Crippen molar-refractivity contribution in [3.8, 4) is 0 Å². The first-order valence-electron chi connectivity index (χ1n) is 3.93. The largest absolute Gasteiger partial charge is 0.345 e. The zero-order valence-corrected chi connectivity index (χ0v) is 7.18. The molecule has 0 amide bonds. The Morgan fingerprint density at radius 2 is 1.60 bits per heavy atom. The van der Waals surface area contributed by atoms with Gasteiger partial charge >= 0.3 is 0 Å². The highest BCUT2D eigenvalue weighted by atomic mass is 16.7. The molecule has 10 heavy (non-hydrogen) atoms. The lowest BCUT2D eigenvalue weighted by molar-refractivity contribution is -0.160. The highest BCUT2D eigenvalue weighted by Gasteiger charge is 2.38. The Morgan fingerprint density at radius 1 is 1.20 bits per heavy atom. The summed E-state index contributed by atoms with van der Waals surface area (Å²) in [6, 6.07) is 0. The first-order chi connectivity index (χ1) is 4.57. The first-order valence-corrected chi connectivity index (χ1v) is 3.93. The molecule has 2 heteroatoms. The lowest BCUT2D eigenvalue weighted by Crippen LogP contribution is -2.24. The summed E-state index contributed by atoms with van der Waals surface area (Å²) in [6.07, 6.45) is 1.40. The molecule has 0 aromatic carbocycles. The van der Waals surface area contributed by atoms with Crippen molar-refractivity contribution >= 4 is 0 Å². The minimum Gasteiger partial charge on any atom is -0.345 e. The second kappa shape index (κ2) is 2.51. The Hall–Kier alpha value is -0.0800. The fourth-order valence-electron chi connectivity index (χ4n) is 1.17. The lowest BCUT2D eigenvalue weighted by Gasteiger charge is -2.20. The Kier molecular flexibility index (Phi) is 2.02. The monoisotopic (exact) mass is 144 g/mol. The van der Waals surface area contributed by atoms with E-state index in [-0.39, 0.29) is 18.0 Å². The normalized spacial score (nSPS) is 38.4. The van der Waals surface area contributed by atoms with E-state index in [1.807, 2.05) is 20.8 Å². The van der Waals surface area contributed by atoms with Crippen LogP contribution >= 0.6 is 0 Å². The topological polar surface area (TPSA) is 18.5 Å². The van der Waals surface area contributed by atoms with Crippen LogP contribution in [0.2, 0.25) is 0 Å². The summed E-state index contributed by atoms with van der Waals surface area (Å²) in [5, 5.41) is 0. The number of ether oxygens (including phenoxy) is 2. The van der Waals surface area contributed by atoms with Crippen LogP contribution in [0.3, 0.4) is 0 Å². The van der Waals surface area contributed by atoms with Crippen LogP contribution in [-0.2, 0) is 9.47 Å². The highest BCUT2D eigenvalue weighted by molar-refractivity contribution is 4.76. The van der Waals surface area contributed by atoms with Gasteiger partial charge in [-0.15, -0.1) is 0 Å². The van der Waals surface area contributed by atoms with Crippen molar-refractivity contribution in [2.75, 3.05) is 0 Å². The molecular formula is C8H16O2. The molecule has 60 valence electrons. The third-order valence-electron chi connectivity index (χ3n) is 2.17. The maximum Gasteiger partial charge on any atom is 0.166 e. The van der Waals surface area contributed by atoms with E-state index < -0.39 is 0 Å². The third-order valence-corrected chi connectivity index (χ3v) is 2.17. The van der Waals surface area contributed by atoms with Gasteiger partial charge in [0, 0.05) is 0 Å². The van der Waals surface area contributed by atoms with Crippen molar-refractivity contribution in [2.24, 2.45) is 0 Å². The molecule has 2 nitrogen and oxygen atoms in total. The summed E-state index contributed by atoms with van der Waals surface area (Å²) in [7, 11) is 0. The summed E-state index contributed by atoms with van der Waals surface area (Å²) in [4.78, 5) is 0. The molecule has 1 fully saturated rings. The van der Waals surface area contributed by atoms with Gasteiger partial charge in [0.05, 0.1) is 12.2 Å². The van der Waals surface area contributed by atoms with Crippen LogP contribution in [0, 0.1) is 0 Å². The zero-order chi connectivity index (χ0) is 7.78. The summed E-state index contributed by atoms with van der Waals surface area (Å²) in [5.41, 5.74) is 0. The lowest BCUT2D eigenvalue weighted by atomic mass is 10.2. The molecule has 0 aromatic rings. The van der Waals surface area contributed by atoms with E-state index in [9.17, 15) is 0 Å². The van der Waals surface area contributed by atoms with E-state index in [4.69, 9.17) is 9.47 Å². The SMILES string of the molecule is CCC1(C)O[C@@H](C)[C@H](C)O1. The van der Waals surface area contributed by atoms with Gasteiger partial charge in [0.1, 0.15) is 0 Å². The molecule has 1 rings (SSSR count). The van der Waals surface area contributed by atoms with Gasteiger partial charge in [0.2, 0.25) is 0 Å². The summed E-state index contributed by atoms with van der Waals surface area (Å²) in [6.45, 7) is 8.16. The highest BCUT2D eigenvalue weighted by Crippen LogP contribution is 2.30. The Balaban J connectivity index is 2.55. The van der Waals surface area contributed by atoms with E-state index in [1.165, 1.54) is 0 Å². The first kappa shape index (κ1) is 8.02. The molecule has 0 unspecified atom stereocenters. The van der Waals surface area contributed by atoms with Gasteiger partial charge in [0.25, 0.3) is 0 Å². The van der Waals surface area contributed by atoms with Gasteiger partial charge in [0.15, 0.2) is 5.79 Å². The molecule has 1 heterocycles. The number of hydrogen-bond acceptors (Lipinski definition) is 2. The Bertz CT molecular complexity index is 112. The second-order valence-corrected chi connectivity index (χ2v) is 3.13. The number of rotatable bonds is 1. The quantitative estimate of drug-likeness (QED) is 0.560. The van der Waals surface area contributed by atoms with Crippen LogP contribution in [0.1, 0.15) is 34.1 Å². The maximum absolute atomic E-state index is 5.59. The predicted octanol–water partition coefficient (Wildman–Crippen LogP) is 1.94. The minimum atomic E-state index is -0.321. The van der Waals surface area contributed by atoms with Crippen molar-refractivity contribution in [3.05, 3.63) is 0 Å². The van der Waals surface area contributed by atoms with E-state index in [2.05, 4.69) is 6.92 Å². The van der Waals surface area contributed by atoms with E-state index >= 15 is 0 Å². The predicted molar refractivity (Wildman–Crippen MR) is 39.8 cm³/mol. The number of hydrogen-bond donors (Lipinski definition) is 0. The molecule has 2 atom stereocenters. The third kappa shape index (κ3) is 1.32. The van der Waals surface area contributed by atoms with Crippen molar-refractivity contribution in [1.82, 2.24) is 0 Å². The molecule has 0 spiro atoms. The summed E-state index contributed by atoms with van der Waals surface area (Å²) in [5.74, 6) is -0.321. The molecule has 1 aliphatic heterocycles. The van der Waals surface area contributed by atoms with E-state index in [0.717, 1.165) is 6.42 Å². The van der Waals surface area contributed by atoms with Gasteiger partial charge in [-0.3, -0.25) is 0 Å². The minimum absolute atomic E-state index is 0.241. The smallest absolute Gasteiger partial charge is 0.166 e. The Morgan fingerprint density at radius 3 is 1.80 bits per heavy atom. The van der Waals surface area contributed by atoms with Crippen LogP contribution in [0.5, 0.6) is 0 Å². The van der Waals surface area contributed by atoms with Crippen molar-refractivity contribution in [3.63, 3.8) is 0 Å². The van der Waals surface area contributed by atoms with Crippen LogP contribution < -0.4 is 0 Å². The van der Waals surface area contributed by atoms with Crippen molar-refractivity contribution in [2.45, 2.75) is 52.1 Å². The van der Waals surface area contributed by atoms with Crippen LogP contribution in [0.4, 0.5) is 0 Å². The standard InChI is InChI=1S/C8H16O2/c1-5-8(4)9-6(2)7(3)10-8/h6-7H,5H2,1-4H3/t6-,7-/m0/s1. The van der Waals surface area contributed by atoms with Gasteiger partial charge in [-0.1, -0.05) is 6.92 Å². The average molecular weight is 144 g/mol. The molecule has 0 aliphatic carbocycles. The van der Waals surface area contributed by atoms with Crippen LogP contribution in [-0.4, -0.2) is 18.0 Å². The Labute approximate surface area is 62.5 Å². The molecule has 0 aromatic heterocycles. The maximum atomic E-state index is 5.59. The van der Waals surface area contributed by atoms with Crippen molar-refractivity contribution < 1.29 is 9.47 Å². The molecule has 1 saturated heterocycles. The fraction of sp³-hybridized carbons (Fsp3) is 1.00. The fourth-order valence-corrected chi connectivity index (χ4v) is 1.17. The molecule has 0 bridgehead atoms. The van der Waals surface area contributed by atoms with Gasteiger partial charge < -0.3 is 9.47 Å². The van der Waals surface area contributed by atoms with Gasteiger partial charge in [-0.25, -0.2) is 0 Å². The van der Waals surface area contributed by atoms with Gasteiger partial charge in [-0.2, -0.15) is 0 Å². The molecule has 0 radical (unpaired) electrons. The molecular weight excluding hydrogens is 128 g/mol. The summed E-state index contributed by atoms with van der Waals surface area (Å²) < 4.78 is 11.2. The van der Waals surface area contributed by atoms with Crippen LogP contribution in [0.15, 0.2) is 0 Å². The zero-order valence-electron chi connectivity index (χ0n) is 7.18. The molecule has 0 saturated carbocycles. The average Bonchev–Trinajstić information content (AvgIpc) is 2.10.